The predicted molar refractivity (Wildman–Crippen MR) is 70.7 cm³/mol. The van der Waals surface area contributed by atoms with Crippen LogP contribution in [-0.2, 0) is 6.54 Å². The Kier molecular flexibility index (Phi) is 3.50. The largest absolute Gasteiger partial charge is 0.357 e. The van der Waals surface area contributed by atoms with E-state index in [9.17, 15) is 4.79 Å². The summed E-state index contributed by atoms with van der Waals surface area (Å²) in [5.41, 5.74) is 3.20. The van der Waals surface area contributed by atoms with Crippen LogP contribution < -0.4 is 5.32 Å². The second-order valence-corrected chi connectivity index (χ2v) is 4.31. The molecule has 0 spiro atoms. The molecule has 0 saturated heterocycles. The molecule has 2 aromatic rings. The van der Waals surface area contributed by atoms with E-state index in [0.717, 1.165) is 30.0 Å². The Morgan fingerprint density at radius 3 is 2.89 bits per heavy atom. The molecule has 0 aromatic carbocycles. The van der Waals surface area contributed by atoms with E-state index >= 15 is 0 Å². The zero-order valence-corrected chi connectivity index (χ0v) is 10.9. The molecule has 0 fully saturated rings. The highest BCUT2D eigenvalue weighted by atomic mass is 16.1. The molecule has 96 valence electrons. The number of rotatable bonds is 4. The monoisotopic (exact) mass is 246 g/mol. The lowest BCUT2D eigenvalue weighted by molar-refractivity contribution is 0.102. The molecule has 0 atom stereocenters. The molecular weight excluding hydrogens is 228 g/mol. The van der Waals surface area contributed by atoms with Gasteiger partial charge in [-0.1, -0.05) is 6.92 Å². The van der Waals surface area contributed by atoms with Crippen molar-refractivity contribution >= 4 is 11.6 Å². The van der Waals surface area contributed by atoms with E-state index in [4.69, 9.17) is 0 Å². The number of hydrogen-bond donors (Lipinski definition) is 2. The molecule has 2 heterocycles. The zero-order valence-electron chi connectivity index (χ0n) is 10.9. The summed E-state index contributed by atoms with van der Waals surface area (Å²) < 4.78 is 1.93. The van der Waals surface area contributed by atoms with Crippen LogP contribution in [0.4, 0.5) is 5.69 Å². The third-order valence-corrected chi connectivity index (χ3v) is 2.90. The van der Waals surface area contributed by atoms with Gasteiger partial charge in [0.25, 0.3) is 5.91 Å². The van der Waals surface area contributed by atoms with Crippen molar-refractivity contribution in [1.29, 1.82) is 0 Å². The van der Waals surface area contributed by atoms with E-state index in [1.807, 2.05) is 18.5 Å². The summed E-state index contributed by atoms with van der Waals surface area (Å²) in [6, 6.07) is 3.55. The number of aromatic nitrogens is 3. The smallest absolute Gasteiger partial charge is 0.272 e. The SMILES string of the molecule is CCCn1nc(C)c(NC(=O)c2ccc[nH]2)c1C. The first-order valence-electron chi connectivity index (χ1n) is 6.12. The van der Waals surface area contributed by atoms with Gasteiger partial charge in [0.1, 0.15) is 5.69 Å². The van der Waals surface area contributed by atoms with E-state index in [2.05, 4.69) is 22.3 Å². The van der Waals surface area contributed by atoms with Crippen molar-refractivity contribution < 1.29 is 4.79 Å². The van der Waals surface area contributed by atoms with Gasteiger partial charge in [-0.25, -0.2) is 0 Å². The Hall–Kier alpha value is -2.04. The molecule has 2 rings (SSSR count). The van der Waals surface area contributed by atoms with Crippen LogP contribution in [-0.4, -0.2) is 20.7 Å². The summed E-state index contributed by atoms with van der Waals surface area (Å²) in [5, 5.41) is 7.33. The second kappa shape index (κ2) is 5.08. The number of aryl methyl sites for hydroxylation is 2. The molecule has 2 aromatic heterocycles. The molecule has 0 unspecified atom stereocenters. The standard InChI is InChI=1S/C13H18N4O/c1-4-8-17-10(3)12(9(2)16-17)15-13(18)11-6-5-7-14-11/h5-7,14H,4,8H2,1-3H3,(H,15,18). The van der Waals surface area contributed by atoms with E-state index in [1.54, 1.807) is 18.3 Å². The molecule has 0 aliphatic rings. The maximum Gasteiger partial charge on any atom is 0.272 e. The van der Waals surface area contributed by atoms with Crippen LogP contribution >= 0.6 is 0 Å². The van der Waals surface area contributed by atoms with Crippen molar-refractivity contribution in [3.63, 3.8) is 0 Å². The van der Waals surface area contributed by atoms with Crippen LogP contribution in [0.25, 0.3) is 0 Å². The number of H-pyrrole nitrogens is 1. The van der Waals surface area contributed by atoms with Gasteiger partial charge in [-0.05, 0) is 32.4 Å². The van der Waals surface area contributed by atoms with Crippen LogP contribution in [0, 0.1) is 13.8 Å². The van der Waals surface area contributed by atoms with Crippen molar-refractivity contribution in [3.8, 4) is 0 Å². The lowest BCUT2D eigenvalue weighted by Gasteiger charge is -2.05. The number of anilines is 1. The topological polar surface area (TPSA) is 62.7 Å². The quantitative estimate of drug-likeness (QED) is 0.870. The number of nitrogens with zero attached hydrogens (tertiary/aromatic N) is 2. The molecule has 5 heteroatoms. The average molecular weight is 246 g/mol. The highest BCUT2D eigenvalue weighted by molar-refractivity contribution is 6.03. The Labute approximate surface area is 106 Å². The number of carbonyl (C=O) groups is 1. The van der Waals surface area contributed by atoms with Crippen molar-refractivity contribution in [3.05, 3.63) is 35.4 Å². The maximum atomic E-state index is 12.0. The van der Waals surface area contributed by atoms with Crippen LogP contribution in [0.3, 0.4) is 0 Å². The molecule has 0 radical (unpaired) electrons. The molecular formula is C13H18N4O. The number of aromatic amines is 1. The lowest BCUT2D eigenvalue weighted by Crippen LogP contribution is -2.13. The van der Waals surface area contributed by atoms with E-state index in [-0.39, 0.29) is 5.91 Å². The van der Waals surface area contributed by atoms with Gasteiger partial charge >= 0.3 is 0 Å². The van der Waals surface area contributed by atoms with Crippen LogP contribution in [0.15, 0.2) is 18.3 Å². The maximum absolute atomic E-state index is 12.0. The fraction of sp³-hybridized carbons (Fsp3) is 0.385. The summed E-state index contributed by atoms with van der Waals surface area (Å²) in [5.74, 6) is -0.137. The van der Waals surface area contributed by atoms with Gasteiger partial charge < -0.3 is 10.3 Å². The Morgan fingerprint density at radius 1 is 1.50 bits per heavy atom. The van der Waals surface area contributed by atoms with Crippen LogP contribution in [0.1, 0.15) is 35.2 Å². The normalized spacial score (nSPS) is 10.6. The van der Waals surface area contributed by atoms with Crippen molar-refractivity contribution in [2.24, 2.45) is 0 Å². The van der Waals surface area contributed by atoms with Gasteiger partial charge in [0.05, 0.1) is 17.1 Å². The minimum Gasteiger partial charge on any atom is -0.357 e. The highest BCUT2D eigenvalue weighted by Crippen LogP contribution is 2.20. The molecule has 2 N–H and O–H groups in total. The van der Waals surface area contributed by atoms with E-state index < -0.39 is 0 Å². The molecule has 5 nitrogen and oxygen atoms in total. The number of carbonyl (C=O) groups excluding carboxylic acids is 1. The molecule has 0 saturated carbocycles. The molecule has 0 bridgehead atoms. The van der Waals surface area contributed by atoms with Crippen molar-refractivity contribution in [2.45, 2.75) is 33.7 Å². The van der Waals surface area contributed by atoms with Crippen molar-refractivity contribution in [1.82, 2.24) is 14.8 Å². The third-order valence-electron chi connectivity index (χ3n) is 2.90. The summed E-state index contributed by atoms with van der Waals surface area (Å²) in [4.78, 5) is 14.9. The minimum atomic E-state index is -0.137. The number of hydrogen-bond acceptors (Lipinski definition) is 2. The Balaban J connectivity index is 2.21. The van der Waals surface area contributed by atoms with Crippen LogP contribution in [0.5, 0.6) is 0 Å². The van der Waals surface area contributed by atoms with E-state index in [0.29, 0.717) is 5.69 Å². The third kappa shape index (κ3) is 2.30. The summed E-state index contributed by atoms with van der Waals surface area (Å²) in [6.45, 7) is 6.85. The van der Waals surface area contributed by atoms with E-state index in [1.165, 1.54) is 0 Å². The predicted octanol–water partition coefficient (Wildman–Crippen LogP) is 2.49. The van der Waals surface area contributed by atoms with Gasteiger partial charge in [0, 0.05) is 12.7 Å². The Morgan fingerprint density at radius 2 is 2.28 bits per heavy atom. The van der Waals surface area contributed by atoms with Crippen LogP contribution in [0.2, 0.25) is 0 Å². The highest BCUT2D eigenvalue weighted by Gasteiger charge is 2.14. The fourth-order valence-electron chi connectivity index (χ4n) is 1.96. The lowest BCUT2D eigenvalue weighted by atomic mass is 10.3. The summed E-state index contributed by atoms with van der Waals surface area (Å²) in [7, 11) is 0. The first-order chi connectivity index (χ1) is 8.63. The Bertz CT molecular complexity index is 540. The average Bonchev–Trinajstić information content (AvgIpc) is 2.94. The van der Waals surface area contributed by atoms with Crippen molar-refractivity contribution in [2.75, 3.05) is 5.32 Å². The molecule has 18 heavy (non-hydrogen) atoms. The number of amides is 1. The second-order valence-electron chi connectivity index (χ2n) is 4.31. The zero-order chi connectivity index (χ0) is 13.1. The summed E-state index contributed by atoms with van der Waals surface area (Å²) in [6.07, 6.45) is 2.75. The van der Waals surface area contributed by atoms with Gasteiger partial charge in [-0.3, -0.25) is 9.48 Å². The molecule has 1 amide bonds. The minimum absolute atomic E-state index is 0.137. The molecule has 0 aliphatic heterocycles. The molecule has 0 aliphatic carbocycles. The van der Waals surface area contributed by atoms with Gasteiger partial charge in [-0.2, -0.15) is 5.10 Å². The fourth-order valence-corrected chi connectivity index (χ4v) is 1.96. The van der Waals surface area contributed by atoms with Gasteiger partial charge in [0.15, 0.2) is 0 Å². The number of nitrogens with one attached hydrogen (secondary N) is 2. The first kappa shape index (κ1) is 12.4. The first-order valence-corrected chi connectivity index (χ1v) is 6.12. The summed E-state index contributed by atoms with van der Waals surface area (Å²) >= 11 is 0. The van der Waals surface area contributed by atoms with Gasteiger partial charge in [0.2, 0.25) is 0 Å². The van der Waals surface area contributed by atoms with Gasteiger partial charge in [-0.15, -0.1) is 0 Å².